The van der Waals surface area contributed by atoms with Gasteiger partial charge in [0.25, 0.3) is 0 Å². The summed E-state index contributed by atoms with van der Waals surface area (Å²) in [5.41, 5.74) is 0. The second kappa shape index (κ2) is 4.28. The average molecular weight is 201 g/mol. The first kappa shape index (κ1) is 11.2. The second-order valence-corrected chi connectivity index (χ2v) is 2.94. The molecule has 0 radical (unpaired) electrons. The highest BCUT2D eigenvalue weighted by Gasteiger charge is 2.26. The van der Waals surface area contributed by atoms with Crippen LogP contribution in [-0.4, -0.2) is 21.3 Å². The minimum absolute atomic E-state index is 0.0571. The van der Waals surface area contributed by atoms with E-state index in [4.69, 9.17) is 38.5 Å². The number of hydrogen-bond donors (Lipinski definition) is 3. The molecule has 3 nitrogen and oxygen atoms in total. The summed E-state index contributed by atoms with van der Waals surface area (Å²) < 4.78 is 0. The highest BCUT2D eigenvalue weighted by Crippen LogP contribution is 2.25. The van der Waals surface area contributed by atoms with Crippen LogP contribution in [0, 0.1) is 0 Å². The van der Waals surface area contributed by atoms with Crippen molar-refractivity contribution in [3.05, 3.63) is 10.1 Å². The molecule has 0 aliphatic heterocycles. The molecule has 0 saturated heterocycles. The van der Waals surface area contributed by atoms with Crippen LogP contribution in [0.5, 0.6) is 0 Å². The molecule has 0 amide bonds. The fourth-order valence-corrected chi connectivity index (χ4v) is 0.921. The molecule has 0 unspecified atom stereocenters. The van der Waals surface area contributed by atoms with Crippen LogP contribution in [0.3, 0.4) is 0 Å². The Bertz CT molecular complexity index is 160. The van der Waals surface area contributed by atoms with Crippen LogP contribution >= 0.6 is 23.2 Å². The molecule has 0 rings (SSSR count). The van der Waals surface area contributed by atoms with Gasteiger partial charge in [0.15, 0.2) is 0 Å². The Kier molecular flexibility index (Phi) is 4.36. The maximum Gasteiger partial charge on any atom is 0.316 e. The number of aliphatic hydroxyl groups is 3. The fourth-order valence-electron chi connectivity index (χ4n) is 0.511. The summed E-state index contributed by atoms with van der Waals surface area (Å²) in [5.74, 6) is -3.01. The molecule has 0 fully saturated rings. The lowest BCUT2D eigenvalue weighted by Gasteiger charge is -2.13. The molecule has 0 aromatic carbocycles. The zero-order chi connectivity index (χ0) is 9.07. The maximum atomic E-state index is 8.52. The Morgan fingerprint density at radius 1 is 1.27 bits per heavy atom. The number of hydrogen-bond acceptors (Lipinski definition) is 3. The Balaban J connectivity index is 4.39. The molecule has 0 aliphatic carbocycles. The van der Waals surface area contributed by atoms with E-state index in [1.54, 1.807) is 0 Å². The van der Waals surface area contributed by atoms with E-state index in [0.717, 1.165) is 0 Å². The number of allylic oxidation sites excluding steroid dienone is 1. The second-order valence-electron chi connectivity index (χ2n) is 2.10. The van der Waals surface area contributed by atoms with Gasteiger partial charge in [0.1, 0.15) is 5.03 Å². The minimum atomic E-state index is -3.01. The summed E-state index contributed by atoms with van der Waals surface area (Å²) in [5, 5.41) is 25.1. The molecule has 0 spiro atoms. The van der Waals surface area contributed by atoms with Crippen molar-refractivity contribution in [1.29, 1.82) is 0 Å². The highest BCUT2D eigenvalue weighted by molar-refractivity contribution is 6.39. The van der Waals surface area contributed by atoms with E-state index in [-0.39, 0.29) is 5.03 Å². The molecule has 0 aromatic rings. The first-order valence-electron chi connectivity index (χ1n) is 3.11. The van der Waals surface area contributed by atoms with Gasteiger partial charge in [0.2, 0.25) is 0 Å². The lowest BCUT2D eigenvalue weighted by atomic mass is 10.3. The molecule has 66 valence electrons. The first-order valence-corrected chi connectivity index (χ1v) is 3.87. The van der Waals surface area contributed by atoms with Gasteiger partial charge >= 0.3 is 5.97 Å². The van der Waals surface area contributed by atoms with Crippen LogP contribution in [-0.2, 0) is 0 Å². The summed E-state index contributed by atoms with van der Waals surface area (Å²) in [6.07, 6.45) is 1.12. The van der Waals surface area contributed by atoms with Crippen molar-refractivity contribution < 1.29 is 15.3 Å². The fraction of sp³-hybridized carbons (Fsp3) is 0.667. The first-order chi connectivity index (χ1) is 4.89. The van der Waals surface area contributed by atoms with Crippen molar-refractivity contribution in [1.82, 2.24) is 0 Å². The van der Waals surface area contributed by atoms with Gasteiger partial charge in [-0.1, -0.05) is 36.5 Å². The summed E-state index contributed by atoms with van der Waals surface area (Å²) >= 11 is 10.8. The van der Waals surface area contributed by atoms with Crippen molar-refractivity contribution in [3.8, 4) is 0 Å². The standard InChI is InChI=1S/C6H10Cl2O3/c1-2-3-4(7)5(8)6(9,10)11/h9-11H,2-3H2,1H3/b5-4+. The van der Waals surface area contributed by atoms with Gasteiger partial charge in [-0.15, -0.1) is 0 Å². The van der Waals surface area contributed by atoms with Crippen molar-refractivity contribution in [2.45, 2.75) is 25.7 Å². The molecule has 0 atom stereocenters. The normalized spacial score (nSPS) is 14.7. The van der Waals surface area contributed by atoms with E-state index in [1.165, 1.54) is 0 Å². The van der Waals surface area contributed by atoms with Crippen molar-refractivity contribution >= 4 is 23.2 Å². The van der Waals surface area contributed by atoms with E-state index in [9.17, 15) is 0 Å². The van der Waals surface area contributed by atoms with Crippen LogP contribution in [0.25, 0.3) is 0 Å². The Morgan fingerprint density at radius 2 is 1.73 bits per heavy atom. The summed E-state index contributed by atoms with van der Waals surface area (Å²) in [7, 11) is 0. The molecule has 0 bridgehead atoms. The zero-order valence-electron chi connectivity index (χ0n) is 6.01. The van der Waals surface area contributed by atoms with Gasteiger partial charge in [-0.05, 0) is 6.42 Å². The average Bonchev–Trinajstić information content (AvgIpc) is 1.85. The summed E-state index contributed by atoms with van der Waals surface area (Å²) in [6.45, 7) is 1.85. The van der Waals surface area contributed by atoms with Crippen LogP contribution in [0.1, 0.15) is 19.8 Å². The van der Waals surface area contributed by atoms with E-state index in [0.29, 0.717) is 12.8 Å². The van der Waals surface area contributed by atoms with Gasteiger partial charge in [0.05, 0.1) is 0 Å². The van der Waals surface area contributed by atoms with E-state index in [1.807, 2.05) is 6.92 Å². The van der Waals surface area contributed by atoms with Crippen molar-refractivity contribution in [2.75, 3.05) is 0 Å². The predicted octanol–water partition coefficient (Wildman–Crippen LogP) is 1.11. The maximum absolute atomic E-state index is 8.52. The number of halogens is 2. The quantitative estimate of drug-likeness (QED) is 0.599. The molecular weight excluding hydrogens is 191 g/mol. The Labute approximate surface area is 74.9 Å². The summed E-state index contributed by atoms with van der Waals surface area (Å²) in [6, 6.07) is 0. The van der Waals surface area contributed by atoms with Gasteiger partial charge in [-0.3, -0.25) is 0 Å². The molecule has 0 aliphatic rings. The molecule has 0 saturated carbocycles. The van der Waals surface area contributed by atoms with Crippen LogP contribution in [0.15, 0.2) is 10.1 Å². The smallest absolute Gasteiger partial charge is 0.316 e. The molecule has 0 heterocycles. The minimum Gasteiger partial charge on any atom is -0.339 e. The molecule has 5 heteroatoms. The van der Waals surface area contributed by atoms with Crippen molar-refractivity contribution in [2.24, 2.45) is 0 Å². The van der Waals surface area contributed by atoms with Gasteiger partial charge in [-0.25, -0.2) is 0 Å². The van der Waals surface area contributed by atoms with Gasteiger partial charge in [-0.2, -0.15) is 0 Å². The lowest BCUT2D eigenvalue weighted by molar-refractivity contribution is -0.277. The number of rotatable bonds is 3. The molecular formula is C6H10Cl2O3. The van der Waals surface area contributed by atoms with Crippen LogP contribution < -0.4 is 0 Å². The SMILES string of the molecule is CCC/C(Cl)=C(\Cl)C(O)(O)O. The highest BCUT2D eigenvalue weighted by atomic mass is 35.5. The Morgan fingerprint density at radius 3 is 2.00 bits per heavy atom. The van der Waals surface area contributed by atoms with Crippen molar-refractivity contribution in [3.63, 3.8) is 0 Å². The van der Waals surface area contributed by atoms with E-state index in [2.05, 4.69) is 0 Å². The third-order valence-electron chi connectivity index (χ3n) is 1.00. The monoisotopic (exact) mass is 200 g/mol. The topological polar surface area (TPSA) is 60.7 Å². The van der Waals surface area contributed by atoms with Crippen LogP contribution in [0.2, 0.25) is 0 Å². The van der Waals surface area contributed by atoms with E-state index < -0.39 is 11.0 Å². The van der Waals surface area contributed by atoms with E-state index >= 15 is 0 Å². The molecule has 11 heavy (non-hydrogen) atoms. The molecule has 3 N–H and O–H groups in total. The largest absolute Gasteiger partial charge is 0.339 e. The summed E-state index contributed by atoms with van der Waals surface area (Å²) in [4.78, 5) is 0. The van der Waals surface area contributed by atoms with Gasteiger partial charge in [0, 0.05) is 5.03 Å². The third kappa shape index (κ3) is 3.94. The predicted molar refractivity (Wildman–Crippen MR) is 43.0 cm³/mol. The third-order valence-corrected chi connectivity index (χ3v) is 1.96. The van der Waals surface area contributed by atoms with Gasteiger partial charge < -0.3 is 15.3 Å². The Hall–Kier alpha value is 0.200. The van der Waals surface area contributed by atoms with Crippen LogP contribution in [0.4, 0.5) is 0 Å². The lowest BCUT2D eigenvalue weighted by Crippen LogP contribution is -2.28. The molecule has 0 aromatic heterocycles. The zero-order valence-corrected chi connectivity index (χ0v) is 7.52.